The summed E-state index contributed by atoms with van der Waals surface area (Å²) >= 11 is 0. The summed E-state index contributed by atoms with van der Waals surface area (Å²) in [4.78, 5) is 32.4. The van der Waals surface area contributed by atoms with Gasteiger partial charge in [0, 0.05) is 19.6 Å². The Bertz CT molecular complexity index is 812. The van der Waals surface area contributed by atoms with Crippen molar-refractivity contribution >= 4 is 22.6 Å². The number of nitrogens with zero attached hydrogens (tertiary/aromatic N) is 2. The van der Waals surface area contributed by atoms with Gasteiger partial charge in [-0.1, -0.05) is 42.5 Å². The van der Waals surface area contributed by atoms with Gasteiger partial charge < -0.3 is 5.32 Å². The molecule has 2 amide bonds. The summed E-state index contributed by atoms with van der Waals surface area (Å²) < 4.78 is 0. The van der Waals surface area contributed by atoms with Crippen molar-refractivity contribution in [2.45, 2.75) is 25.4 Å². The number of nitrogens with one attached hydrogen (secondary N) is 1. The standard InChI is InChI=1S/C20H23N3O3/c24-19(23-10-4-12-26-23)13-18-20(25)21-9-11-22(18)14-16-7-3-6-15-5-1-2-8-17(15)16/h1-3,5-8,18H,4,9-14H2,(H,21,25)/t18-/m0/s1. The average Bonchev–Trinajstić information content (AvgIpc) is 3.20. The fourth-order valence-electron chi connectivity index (χ4n) is 3.73. The van der Waals surface area contributed by atoms with Crippen molar-refractivity contribution in [3.05, 3.63) is 48.0 Å². The third-order valence-electron chi connectivity index (χ3n) is 5.09. The van der Waals surface area contributed by atoms with Crippen molar-refractivity contribution in [3.8, 4) is 0 Å². The first-order chi connectivity index (χ1) is 12.7. The van der Waals surface area contributed by atoms with E-state index in [0.717, 1.165) is 13.0 Å². The summed E-state index contributed by atoms with van der Waals surface area (Å²) in [5.41, 5.74) is 1.17. The maximum atomic E-state index is 12.5. The summed E-state index contributed by atoms with van der Waals surface area (Å²) in [5.74, 6) is -0.198. The Morgan fingerprint density at radius 3 is 2.85 bits per heavy atom. The van der Waals surface area contributed by atoms with Crippen molar-refractivity contribution in [2.75, 3.05) is 26.2 Å². The molecule has 136 valence electrons. The number of piperazine rings is 1. The summed E-state index contributed by atoms with van der Waals surface area (Å²) in [6.07, 6.45) is 0.999. The predicted molar refractivity (Wildman–Crippen MR) is 98.1 cm³/mol. The molecule has 2 aliphatic heterocycles. The first-order valence-electron chi connectivity index (χ1n) is 9.14. The van der Waals surface area contributed by atoms with E-state index in [2.05, 4.69) is 34.5 Å². The van der Waals surface area contributed by atoms with Crippen LogP contribution in [0, 0.1) is 0 Å². The second-order valence-electron chi connectivity index (χ2n) is 6.80. The van der Waals surface area contributed by atoms with Crippen LogP contribution in [0.1, 0.15) is 18.4 Å². The lowest BCUT2D eigenvalue weighted by Crippen LogP contribution is -2.56. The Morgan fingerprint density at radius 1 is 1.15 bits per heavy atom. The van der Waals surface area contributed by atoms with Crippen LogP contribution in [0.15, 0.2) is 42.5 Å². The van der Waals surface area contributed by atoms with Gasteiger partial charge in [0.25, 0.3) is 0 Å². The molecule has 6 nitrogen and oxygen atoms in total. The van der Waals surface area contributed by atoms with Crippen LogP contribution in [-0.2, 0) is 21.0 Å². The van der Waals surface area contributed by atoms with Gasteiger partial charge in [-0.3, -0.25) is 19.3 Å². The van der Waals surface area contributed by atoms with E-state index >= 15 is 0 Å². The van der Waals surface area contributed by atoms with Gasteiger partial charge in [0.05, 0.1) is 25.6 Å². The maximum absolute atomic E-state index is 12.5. The molecule has 1 N–H and O–H groups in total. The van der Waals surface area contributed by atoms with Gasteiger partial charge in [-0.2, -0.15) is 0 Å². The third kappa shape index (κ3) is 3.43. The first kappa shape index (κ1) is 17.0. The largest absolute Gasteiger partial charge is 0.353 e. The van der Waals surface area contributed by atoms with Crippen LogP contribution in [0.25, 0.3) is 10.8 Å². The van der Waals surface area contributed by atoms with E-state index in [1.54, 1.807) is 0 Å². The fourth-order valence-corrected chi connectivity index (χ4v) is 3.73. The van der Waals surface area contributed by atoms with Crippen LogP contribution in [0.4, 0.5) is 0 Å². The summed E-state index contributed by atoms with van der Waals surface area (Å²) in [7, 11) is 0. The normalized spacial score (nSPS) is 21.2. The number of amides is 2. The highest BCUT2D eigenvalue weighted by atomic mass is 16.7. The SMILES string of the molecule is O=C1NCCN(Cc2cccc3ccccc23)[C@H]1CC(=O)N1CCCO1. The molecule has 2 saturated heterocycles. The number of carbonyl (C=O) groups is 2. The van der Waals surface area contributed by atoms with Crippen molar-refractivity contribution in [1.82, 2.24) is 15.3 Å². The third-order valence-corrected chi connectivity index (χ3v) is 5.09. The number of hydrogen-bond donors (Lipinski definition) is 1. The molecule has 4 rings (SSSR count). The molecule has 26 heavy (non-hydrogen) atoms. The topological polar surface area (TPSA) is 61.9 Å². The van der Waals surface area contributed by atoms with Gasteiger partial charge in [0.15, 0.2) is 0 Å². The van der Waals surface area contributed by atoms with E-state index in [-0.39, 0.29) is 18.2 Å². The van der Waals surface area contributed by atoms with E-state index in [1.807, 2.05) is 18.2 Å². The Hall–Kier alpha value is -2.44. The molecule has 0 radical (unpaired) electrons. The zero-order valence-corrected chi connectivity index (χ0v) is 14.7. The van der Waals surface area contributed by atoms with Gasteiger partial charge in [-0.05, 0) is 22.8 Å². The van der Waals surface area contributed by atoms with Crippen LogP contribution >= 0.6 is 0 Å². The summed E-state index contributed by atoms with van der Waals surface area (Å²) in [6, 6.07) is 14.0. The van der Waals surface area contributed by atoms with Crippen LogP contribution in [0.3, 0.4) is 0 Å². The van der Waals surface area contributed by atoms with Gasteiger partial charge >= 0.3 is 0 Å². The molecule has 2 fully saturated rings. The molecular formula is C20H23N3O3. The van der Waals surface area contributed by atoms with Crippen molar-refractivity contribution < 1.29 is 14.4 Å². The number of hydrogen-bond acceptors (Lipinski definition) is 4. The average molecular weight is 353 g/mol. The number of fused-ring (bicyclic) bond motifs is 1. The molecule has 2 heterocycles. The molecule has 0 bridgehead atoms. The second-order valence-corrected chi connectivity index (χ2v) is 6.80. The molecule has 0 unspecified atom stereocenters. The summed E-state index contributed by atoms with van der Waals surface area (Å²) in [6.45, 7) is 3.16. The molecule has 2 aromatic carbocycles. The highest BCUT2D eigenvalue weighted by Crippen LogP contribution is 2.22. The van der Waals surface area contributed by atoms with E-state index in [9.17, 15) is 9.59 Å². The minimum Gasteiger partial charge on any atom is -0.353 e. The minimum atomic E-state index is -0.459. The van der Waals surface area contributed by atoms with E-state index in [1.165, 1.54) is 21.4 Å². The highest BCUT2D eigenvalue weighted by Gasteiger charge is 2.34. The summed E-state index contributed by atoms with van der Waals surface area (Å²) in [5, 5.41) is 6.66. The quantitative estimate of drug-likeness (QED) is 0.909. The molecular weight excluding hydrogens is 330 g/mol. The van der Waals surface area contributed by atoms with Crippen molar-refractivity contribution in [3.63, 3.8) is 0 Å². The lowest BCUT2D eigenvalue weighted by Gasteiger charge is -2.35. The van der Waals surface area contributed by atoms with Crippen molar-refractivity contribution in [1.29, 1.82) is 0 Å². The molecule has 1 atom stereocenters. The molecule has 6 heteroatoms. The molecule has 0 aromatic heterocycles. The lowest BCUT2D eigenvalue weighted by molar-refractivity contribution is -0.171. The van der Waals surface area contributed by atoms with Gasteiger partial charge in [-0.25, -0.2) is 5.06 Å². The monoisotopic (exact) mass is 353 g/mol. The van der Waals surface area contributed by atoms with Crippen LogP contribution < -0.4 is 5.32 Å². The lowest BCUT2D eigenvalue weighted by atomic mass is 10.0. The first-order valence-corrected chi connectivity index (χ1v) is 9.14. The van der Waals surface area contributed by atoms with Crippen molar-refractivity contribution in [2.24, 2.45) is 0 Å². The van der Waals surface area contributed by atoms with Crippen LogP contribution in [-0.4, -0.2) is 54.1 Å². The smallest absolute Gasteiger partial charge is 0.248 e. The molecule has 2 aliphatic rings. The minimum absolute atomic E-state index is 0.0796. The van der Waals surface area contributed by atoms with Crippen LogP contribution in [0.5, 0.6) is 0 Å². The Kier molecular flexibility index (Phi) is 4.86. The number of benzene rings is 2. The van der Waals surface area contributed by atoms with E-state index in [0.29, 0.717) is 26.2 Å². The maximum Gasteiger partial charge on any atom is 0.248 e. The van der Waals surface area contributed by atoms with Crippen LogP contribution in [0.2, 0.25) is 0 Å². The molecule has 2 aromatic rings. The molecule has 0 aliphatic carbocycles. The second kappa shape index (κ2) is 7.43. The highest BCUT2D eigenvalue weighted by molar-refractivity contribution is 5.89. The van der Waals surface area contributed by atoms with Gasteiger partial charge in [-0.15, -0.1) is 0 Å². The Morgan fingerprint density at radius 2 is 2.00 bits per heavy atom. The Labute approximate surface area is 152 Å². The van der Waals surface area contributed by atoms with Gasteiger partial charge in [0.2, 0.25) is 11.8 Å². The molecule has 0 saturated carbocycles. The number of rotatable bonds is 4. The van der Waals surface area contributed by atoms with E-state index in [4.69, 9.17) is 4.84 Å². The Balaban J connectivity index is 1.54. The van der Waals surface area contributed by atoms with Gasteiger partial charge in [0.1, 0.15) is 0 Å². The molecule has 0 spiro atoms. The zero-order valence-electron chi connectivity index (χ0n) is 14.7. The van der Waals surface area contributed by atoms with E-state index < -0.39 is 6.04 Å². The fraction of sp³-hybridized carbons (Fsp3) is 0.400. The number of hydroxylamine groups is 2. The predicted octanol–water partition coefficient (Wildman–Crippen LogP) is 1.69. The number of carbonyl (C=O) groups excluding carboxylic acids is 2. The zero-order chi connectivity index (χ0) is 17.9.